The van der Waals surface area contributed by atoms with E-state index in [0.29, 0.717) is 5.92 Å². The van der Waals surface area contributed by atoms with Crippen LogP contribution in [0.4, 0.5) is 0 Å². The Morgan fingerprint density at radius 1 is 1.38 bits per heavy atom. The van der Waals surface area contributed by atoms with E-state index in [1.807, 2.05) is 28.9 Å². The maximum Gasteiger partial charge on any atom is 0.248 e. The van der Waals surface area contributed by atoms with Gasteiger partial charge in [-0.2, -0.15) is 5.10 Å². The molecule has 2 fully saturated rings. The van der Waals surface area contributed by atoms with Gasteiger partial charge in [-0.1, -0.05) is 0 Å². The van der Waals surface area contributed by atoms with Crippen molar-refractivity contribution in [2.75, 3.05) is 19.8 Å². The second-order valence-corrected chi connectivity index (χ2v) is 6.43. The lowest BCUT2D eigenvalue weighted by Crippen LogP contribution is -2.47. The molecule has 1 aromatic heterocycles. The molecule has 0 unspecified atom stereocenters. The largest absolute Gasteiger partial charge is 0.371 e. The molecule has 0 radical (unpaired) electrons. The first-order chi connectivity index (χ1) is 10.2. The number of carbonyl (C=O) groups excluding carboxylic acids is 1. The maximum absolute atomic E-state index is 12.4. The van der Waals surface area contributed by atoms with Gasteiger partial charge in [0.15, 0.2) is 0 Å². The van der Waals surface area contributed by atoms with Gasteiger partial charge in [0.1, 0.15) is 6.61 Å². The number of piperidine rings is 1. The molecule has 3 rings (SSSR count). The molecule has 0 bridgehead atoms. The van der Waals surface area contributed by atoms with Gasteiger partial charge in [0.05, 0.1) is 25.4 Å². The maximum atomic E-state index is 12.4. The molecule has 2 aliphatic rings. The summed E-state index contributed by atoms with van der Waals surface area (Å²) >= 11 is 0. The minimum atomic E-state index is 0.143. The van der Waals surface area contributed by atoms with Crippen molar-refractivity contribution in [1.29, 1.82) is 0 Å². The number of rotatable bonds is 6. The highest BCUT2D eigenvalue weighted by atomic mass is 16.5. The molecular formula is C16H25N3O2. The van der Waals surface area contributed by atoms with Crippen LogP contribution in [-0.2, 0) is 16.1 Å². The van der Waals surface area contributed by atoms with E-state index in [2.05, 4.69) is 5.10 Å². The lowest BCUT2D eigenvalue weighted by molar-refractivity contribution is -0.140. The van der Waals surface area contributed by atoms with Crippen LogP contribution in [0.2, 0.25) is 0 Å². The zero-order valence-corrected chi connectivity index (χ0v) is 12.8. The Balaban J connectivity index is 1.53. The molecule has 116 valence electrons. The summed E-state index contributed by atoms with van der Waals surface area (Å²) in [6, 6.07) is 0.259. The Kier molecular flexibility index (Phi) is 4.58. The number of aromatic nitrogens is 2. The predicted octanol–water partition coefficient (Wildman–Crippen LogP) is 2.00. The van der Waals surface area contributed by atoms with Crippen molar-refractivity contribution < 1.29 is 9.53 Å². The Morgan fingerprint density at radius 2 is 2.24 bits per heavy atom. The summed E-state index contributed by atoms with van der Waals surface area (Å²) in [4.78, 5) is 14.4. The van der Waals surface area contributed by atoms with E-state index < -0.39 is 0 Å². The summed E-state index contributed by atoms with van der Waals surface area (Å²) in [5.74, 6) is 0.853. The summed E-state index contributed by atoms with van der Waals surface area (Å²) in [6.45, 7) is 4.69. The van der Waals surface area contributed by atoms with E-state index >= 15 is 0 Å². The summed E-state index contributed by atoms with van der Waals surface area (Å²) in [6.07, 6.45) is 9.79. The van der Waals surface area contributed by atoms with Crippen LogP contribution in [0.25, 0.3) is 0 Å². The number of amides is 1. The lowest BCUT2D eigenvalue weighted by Gasteiger charge is -2.35. The number of likely N-dealkylation sites (tertiary alicyclic amines) is 1. The Morgan fingerprint density at radius 3 is 2.95 bits per heavy atom. The van der Waals surface area contributed by atoms with Crippen LogP contribution >= 0.6 is 0 Å². The minimum Gasteiger partial charge on any atom is -0.371 e. The first-order valence-corrected chi connectivity index (χ1v) is 8.08. The van der Waals surface area contributed by atoms with Crippen LogP contribution in [-0.4, -0.2) is 46.4 Å². The van der Waals surface area contributed by atoms with Gasteiger partial charge in [-0.15, -0.1) is 0 Å². The van der Waals surface area contributed by atoms with E-state index in [4.69, 9.17) is 4.74 Å². The van der Waals surface area contributed by atoms with Crippen LogP contribution in [0.15, 0.2) is 12.4 Å². The van der Waals surface area contributed by atoms with Crippen LogP contribution < -0.4 is 0 Å². The van der Waals surface area contributed by atoms with Gasteiger partial charge in [0.2, 0.25) is 5.91 Å². The minimum absolute atomic E-state index is 0.143. The van der Waals surface area contributed by atoms with Crippen LogP contribution in [0, 0.1) is 12.8 Å². The average molecular weight is 291 g/mol. The lowest BCUT2D eigenvalue weighted by atomic mass is 10.0. The second kappa shape index (κ2) is 6.60. The van der Waals surface area contributed by atoms with Gasteiger partial charge in [-0.25, -0.2) is 0 Å². The van der Waals surface area contributed by atoms with Crippen LogP contribution in [0.5, 0.6) is 0 Å². The molecule has 1 atom stereocenters. The third-order valence-corrected chi connectivity index (χ3v) is 4.38. The monoisotopic (exact) mass is 291 g/mol. The standard InChI is InChI=1S/C16H25N3O2/c1-13-8-17-18(9-13)10-15-4-2-3-7-19(15)16(20)12-21-11-14-5-6-14/h8-9,14-15H,2-7,10-12H2,1H3/t15-/m1/s1. The van der Waals surface area contributed by atoms with Gasteiger partial charge in [-0.3, -0.25) is 9.48 Å². The molecule has 5 nitrogen and oxygen atoms in total. The number of hydrogen-bond donors (Lipinski definition) is 0. The van der Waals surface area contributed by atoms with Crippen molar-refractivity contribution in [2.45, 2.75) is 51.6 Å². The Labute approximate surface area is 126 Å². The Hall–Kier alpha value is -1.36. The zero-order valence-electron chi connectivity index (χ0n) is 12.8. The molecule has 0 N–H and O–H groups in total. The first kappa shape index (κ1) is 14.6. The molecular weight excluding hydrogens is 266 g/mol. The third kappa shape index (κ3) is 4.06. The van der Waals surface area contributed by atoms with Gasteiger partial charge in [0, 0.05) is 12.7 Å². The van der Waals surface area contributed by atoms with Crippen molar-refractivity contribution in [2.24, 2.45) is 5.92 Å². The predicted molar refractivity (Wildman–Crippen MR) is 79.9 cm³/mol. The van der Waals surface area contributed by atoms with Crippen molar-refractivity contribution in [1.82, 2.24) is 14.7 Å². The molecule has 1 saturated heterocycles. The molecule has 1 amide bonds. The quantitative estimate of drug-likeness (QED) is 0.805. The first-order valence-electron chi connectivity index (χ1n) is 8.08. The van der Waals surface area contributed by atoms with Gasteiger partial charge in [-0.05, 0) is 50.5 Å². The molecule has 21 heavy (non-hydrogen) atoms. The van der Waals surface area contributed by atoms with E-state index in [0.717, 1.165) is 38.1 Å². The highest BCUT2D eigenvalue weighted by molar-refractivity contribution is 5.77. The second-order valence-electron chi connectivity index (χ2n) is 6.43. The van der Waals surface area contributed by atoms with Gasteiger partial charge in [0.25, 0.3) is 0 Å². The van der Waals surface area contributed by atoms with Crippen LogP contribution in [0.3, 0.4) is 0 Å². The summed E-state index contributed by atoms with van der Waals surface area (Å²) < 4.78 is 7.52. The smallest absolute Gasteiger partial charge is 0.248 e. The summed E-state index contributed by atoms with van der Waals surface area (Å²) in [5, 5.41) is 4.34. The van der Waals surface area contributed by atoms with Crippen molar-refractivity contribution in [3.63, 3.8) is 0 Å². The van der Waals surface area contributed by atoms with E-state index in [1.165, 1.54) is 19.3 Å². The van der Waals surface area contributed by atoms with Crippen molar-refractivity contribution in [3.05, 3.63) is 18.0 Å². The average Bonchev–Trinajstić information content (AvgIpc) is 3.21. The fourth-order valence-corrected chi connectivity index (χ4v) is 2.98. The molecule has 2 heterocycles. The normalized spacial score (nSPS) is 22.5. The third-order valence-electron chi connectivity index (χ3n) is 4.38. The number of ether oxygens (including phenoxy) is 1. The number of aryl methyl sites for hydroxylation is 1. The summed E-state index contributed by atoms with van der Waals surface area (Å²) in [7, 11) is 0. The van der Waals surface area contributed by atoms with Crippen molar-refractivity contribution >= 4 is 5.91 Å². The molecule has 1 saturated carbocycles. The van der Waals surface area contributed by atoms with E-state index in [9.17, 15) is 4.79 Å². The van der Waals surface area contributed by atoms with Gasteiger partial charge >= 0.3 is 0 Å². The topological polar surface area (TPSA) is 47.4 Å². The molecule has 1 aliphatic heterocycles. The molecule has 0 spiro atoms. The van der Waals surface area contributed by atoms with E-state index in [1.54, 1.807) is 0 Å². The molecule has 5 heteroatoms. The van der Waals surface area contributed by atoms with Crippen molar-refractivity contribution in [3.8, 4) is 0 Å². The SMILES string of the molecule is Cc1cnn(C[C@H]2CCCCN2C(=O)COCC2CC2)c1. The number of carbonyl (C=O) groups is 1. The molecule has 0 aromatic carbocycles. The fourth-order valence-electron chi connectivity index (χ4n) is 2.98. The number of nitrogens with zero attached hydrogens (tertiary/aromatic N) is 3. The zero-order chi connectivity index (χ0) is 14.7. The summed E-state index contributed by atoms with van der Waals surface area (Å²) in [5.41, 5.74) is 1.16. The molecule has 1 aliphatic carbocycles. The number of hydrogen-bond acceptors (Lipinski definition) is 3. The molecule has 1 aromatic rings. The van der Waals surface area contributed by atoms with E-state index in [-0.39, 0.29) is 18.6 Å². The van der Waals surface area contributed by atoms with Crippen LogP contribution in [0.1, 0.15) is 37.7 Å². The highest BCUT2D eigenvalue weighted by Gasteiger charge is 2.28. The Bertz CT molecular complexity index is 482. The highest BCUT2D eigenvalue weighted by Crippen LogP contribution is 2.28. The van der Waals surface area contributed by atoms with Gasteiger partial charge < -0.3 is 9.64 Å². The fraction of sp³-hybridized carbons (Fsp3) is 0.750.